The van der Waals surface area contributed by atoms with Gasteiger partial charge in [0.1, 0.15) is 11.5 Å². The number of aryl methyl sites for hydroxylation is 7. The maximum atomic E-state index is 9.94. The molecule has 2 heteroatoms. The van der Waals surface area contributed by atoms with Crippen LogP contribution in [0.1, 0.15) is 51.8 Å². The van der Waals surface area contributed by atoms with Crippen LogP contribution in [0.15, 0.2) is 91.0 Å². The van der Waals surface area contributed by atoms with Gasteiger partial charge in [0, 0.05) is 0 Å². The smallest absolute Gasteiger partial charge is 0.121 e. The first-order valence-corrected chi connectivity index (χ1v) is 12.6. The number of phenolic OH excluding ortho intramolecular Hbond substituents is 2. The Kier molecular flexibility index (Phi) is 9.98. The third-order valence-corrected chi connectivity index (χ3v) is 6.39. The maximum Gasteiger partial charge on any atom is 0.121 e. The number of phenols is 2. The van der Waals surface area contributed by atoms with Crippen molar-refractivity contribution in [3.63, 3.8) is 0 Å². The fourth-order valence-corrected chi connectivity index (χ4v) is 4.32. The molecule has 0 saturated heterocycles. The van der Waals surface area contributed by atoms with E-state index >= 15 is 0 Å². The van der Waals surface area contributed by atoms with Gasteiger partial charge in [0.05, 0.1) is 0 Å². The Morgan fingerprint density at radius 2 is 0.971 bits per heavy atom. The molecule has 35 heavy (non-hydrogen) atoms. The molecule has 0 radical (unpaired) electrons. The van der Waals surface area contributed by atoms with Crippen molar-refractivity contribution in [2.45, 2.75) is 59.3 Å². The topological polar surface area (TPSA) is 40.5 Å². The van der Waals surface area contributed by atoms with Crippen LogP contribution in [0.25, 0.3) is 0 Å². The van der Waals surface area contributed by atoms with Crippen molar-refractivity contribution < 1.29 is 10.2 Å². The van der Waals surface area contributed by atoms with Gasteiger partial charge in [-0.05, 0) is 92.7 Å². The summed E-state index contributed by atoms with van der Waals surface area (Å²) in [5.74, 6) is 0.919. The molecule has 0 fully saturated rings. The van der Waals surface area contributed by atoms with Crippen molar-refractivity contribution in [2.24, 2.45) is 0 Å². The van der Waals surface area contributed by atoms with Crippen LogP contribution in [0, 0.1) is 20.8 Å². The van der Waals surface area contributed by atoms with Crippen LogP contribution in [0.5, 0.6) is 11.5 Å². The number of aromatic hydroxyl groups is 2. The summed E-state index contributed by atoms with van der Waals surface area (Å²) in [7, 11) is 0. The van der Waals surface area contributed by atoms with Crippen LogP contribution in [-0.4, -0.2) is 10.2 Å². The molecule has 0 heterocycles. The molecule has 0 bridgehead atoms. The van der Waals surface area contributed by atoms with Crippen molar-refractivity contribution in [1.82, 2.24) is 0 Å². The van der Waals surface area contributed by atoms with Crippen molar-refractivity contribution in [3.8, 4) is 11.5 Å². The summed E-state index contributed by atoms with van der Waals surface area (Å²) >= 11 is 0. The highest BCUT2D eigenvalue weighted by atomic mass is 16.3. The molecule has 182 valence electrons. The number of rotatable bonds is 8. The van der Waals surface area contributed by atoms with Crippen molar-refractivity contribution in [1.29, 1.82) is 0 Å². The van der Waals surface area contributed by atoms with Gasteiger partial charge < -0.3 is 10.2 Å². The second-order valence-electron chi connectivity index (χ2n) is 9.35. The zero-order valence-corrected chi connectivity index (χ0v) is 21.3. The van der Waals surface area contributed by atoms with Crippen LogP contribution in [-0.2, 0) is 25.7 Å². The molecular formula is C33H38O2. The zero-order valence-electron chi connectivity index (χ0n) is 21.3. The zero-order chi connectivity index (χ0) is 25.0. The van der Waals surface area contributed by atoms with Gasteiger partial charge in [0.25, 0.3) is 0 Å². The molecule has 0 unspecified atom stereocenters. The van der Waals surface area contributed by atoms with E-state index in [9.17, 15) is 10.2 Å². The fourth-order valence-electron chi connectivity index (χ4n) is 4.32. The molecule has 2 N–H and O–H groups in total. The first kappa shape index (κ1) is 26.1. The second-order valence-corrected chi connectivity index (χ2v) is 9.35. The third-order valence-electron chi connectivity index (χ3n) is 6.39. The maximum absolute atomic E-state index is 9.94. The van der Waals surface area contributed by atoms with Gasteiger partial charge in [-0.2, -0.15) is 0 Å². The van der Waals surface area contributed by atoms with Gasteiger partial charge >= 0.3 is 0 Å². The summed E-state index contributed by atoms with van der Waals surface area (Å²) in [4.78, 5) is 0. The van der Waals surface area contributed by atoms with Crippen LogP contribution in [0.3, 0.4) is 0 Å². The summed E-state index contributed by atoms with van der Waals surface area (Å²) in [6.45, 7) is 6.01. The first-order valence-electron chi connectivity index (χ1n) is 12.6. The van der Waals surface area contributed by atoms with Gasteiger partial charge in [0.15, 0.2) is 0 Å². The van der Waals surface area contributed by atoms with E-state index in [1.54, 1.807) is 0 Å². The van der Waals surface area contributed by atoms with E-state index in [1.807, 2.05) is 56.3 Å². The van der Waals surface area contributed by atoms with Gasteiger partial charge in [0.2, 0.25) is 0 Å². The van der Waals surface area contributed by atoms with E-state index in [0.29, 0.717) is 11.5 Å². The molecule has 4 aromatic rings. The Morgan fingerprint density at radius 1 is 0.486 bits per heavy atom. The largest absolute Gasteiger partial charge is 0.507 e. The van der Waals surface area contributed by atoms with Crippen LogP contribution >= 0.6 is 0 Å². The van der Waals surface area contributed by atoms with E-state index in [4.69, 9.17) is 0 Å². The van der Waals surface area contributed by atoms with Gasteiger partial charge in [-0.25, -0.2) is 0 Å². The summed E-state index contributed by atoms with van der Waals surface area (Å²) in [5, 5.41) is 19.8. The highest BCUT2D eigenvalue weighted by Crippen LogP contribution is 2.24. The average molecular weight is 467 g/mol. The fraction of sp³-hybridized carbons (Fsp3) is 0.273. The molecular weight excluding hydrogens is 428 g/mol. The third kappa shape index (κ3) is 8.33. The predicted molar refractivity (Wildman–Crippen MR) is 147 cm³/mol. The molecule has 0 atom stereocenters. The van der Waals surface area contributed by atoms with Crippen molar-refractivity contribution >= 4 is 0 Å². The number of hydrogen-bond donors (Lipinski definition) is 2. The Morgan fingerprint density at radius 3 is 1.51 bits per heavy atom. The lowest BCUT2D eigenvalue weighted by molar-refractivity contribution is 0.462. The number of benzene rings is 4. The predicted octanol–water partition coefficient (Wildman–Crippen LogP) is 8.06. The molecule has 4 rings (SSSR count). The lowest BCUT2D eigenvalue weighted by Gasteiger charge is -2.07. The molecule has 0 amide bonds. The second kappa shape index (κ2) is 13.4. The quantitative estimate of drug-likeness (QED) is 0.276. The number of hydrogen-bond acceptors (Lipinski definition) is 2. The van der Waals surface area contributed by atoms with E-state index < -0.39 is 0 Å². The highest BCUT2D eigenvalue weighted by molar-refractivity contribution is 5.40. The van der Waals surface area contributed by atoms with Crippen molar-refractivity contribution in [3.05, 3.63) is 130 Å². The minimum absolute atomic E-state index is 0.459. The van der Waals surface area contributed by atoms with E-state index in [0.717, 1.165) is 60.8 Å². The average Bonchev–Trinajstić information content (AvgIpc) is 2.86. The molecule has 0 spiro atoms. The van der Waals surface area contributed by atoms with E-state index in [2.05, 4.69) is 55.5 Å². The first-order chi connectivity index (χ1) is 16.9. The van der Waals surface area contributed by atoms with E-state index in [1.165, 1.54) is 16.7 Å². The minimum atomic E-state index is 0.459. The molecule has 2 nitrogen and oxygen atoms in total. The summed E-state index contributed by atoms with van der Waals surface area (Å²) < 4.78 is 0. The molecule has 0 saturated carbocycles. The lowest BCUT2D eigenvalue weighted by Crippen LogP contribution is -1.92. The van der Waals surface area contributed by atoms with Crippen LogP contribution in [0.2, 0.25) is 0 Å². The van der Waals surface area contributed by atoms with Crippen LogP contribution in [0.4, 0.5) is 0 Å². The molecule has 0 aliphatic heterocycles. The Balaban J connectivity index is 0.000000196. The van der Waals surface area contributed by atoms with E-state index in [-0.39, 0.29) is 0 Å². The van der Waals surface area contributed by atoms with Crippen molar-refractivity contribution in [2.75, 3.05) is 0 Å². The molecule has 0 aromatic heterocycles. The van der Waals surface area contributed by atoms with Gasteiger partial charge in [-0.15, -0.1) is 0 Å². The van der Waals surface area contributed by atoms with Gasteiger partial charge in [-0.1, -0.05) is 96.6 Å². The highest BCUT2D eigenvalue weighted by Gasteiger charge is 2.04. The molecule has 4 aromatic carbocycles. The minimum Gasteiger partial charge on any atom is -0.507 e. The van der Waals surface area contributed by atoms with Crippen LogP contribution < -0.4 is 0 Å². The Hall–Kier alpha value is -3.52. The Bertz CT molecular complexity index is 1190. The molecule has 0 aliphatic rings. The summed E-state index contributed by atoms with van der Waals surface area (Å²) in [6, 6.07) is 31.0. The SMILES string of the molecule is Cc1cccc(CCCc2cccc(C)c2O)c1.Cc1cccc(CCCc2ccccc2)c1O. The Labute approximate surface area is 210 Å². The lowest BCUT2D eigenvalue weighted by atomic mass is 10.0. The van der Waals surface area contributed by atoms with Gasteiger partial charge in [-0.3, -0.25) is 0 Å². The standard InChI is InChI=1S/C17H20O.C16H18O/c1-13-6-3-8-15(12-13)9-5-11-16-10-4-7-14(2)17(16)18;1-13-7-5-11-15(16(13)17)12-6-10-14-8-3-2-4-9-14/h3-4,6-8,10,12,18H,5,9,11H2,1-2H3;2-5,7-9,11,17H,6,10,12H2,1H3. The molecule has 0 aliphatic carbocycles. The normalized spacial score (nSPS) is 10.5. The summed E-state index contributed by atoms with van der Waals surface area (Å²) in [5.41, 5.74) is 8.08. The summed E-state index contributed by atoms with van der Waals surface area (Å²) in [6.07, 6.45) is 6.13. The monoisotopic (exact) mass is 466 g/mol. The number of para-hydroxylation sites is 2.